The number of rotatable bonds is 7. The quantitative estimate of drug-likeness (QED) is 0.604. The highest BCUT2D eigenvalue weighted by atomic mass is 16.5. The van der Waals surface area contributed by atoms with Crippen LogP contribution < -0.4 is 10.5 Å². The summed E-state index contributed by atoms with van der Waals surface area (Å²) in [6.45, 7) is -1.80. The van der Waals surface area contributed by atoms with Crippen LogP contribution in [0.25, 0.3) is 0 Å². The second-order valence-corrected chi connectivity index (χ2v) is 7.79. The van der Waals surface area contributed by atoms with Gasteiger partial charge >= 0.3 is 0 Å². The third-order valence-corrected chi connectivity index (χ3v) is 6.07. The molecule has 0 spiro atoms. The number of carbonyl (C=O) groups is 1. The van der Waals surface area contributed by atoms with Gasteiger partial charge in [0.1, 0.15) is 11.2 Å². The van der Waals surface area contributed by atoms with Gasteiger partial charge in [-0.15, -0.1) is 0 Å². The van der Waals surface area contributed by atoms with Gasteiger partial charge in [0.05, 0.1) is 27.1 Å². The Morgan fingerprint density at radius 3 is 2.44 bits per heavy atom. The van der Waals surface area contributed by atoms with Gasteiger partial charge in [0.15, 0.2) is 0 Å². The highest BCUT2D eigenvalue weighted by molar-refractivity contribution is 5.91. The van der Waals surface area contributed by atoms with Crippen LogP contribution in [0.1, 0.15) is 49.2 Å². The lowest BCUT2D eigenvalue weighted by Gasteiger charge is -2.37. The Bertz CT molecular complexity index is 1720. The summed E-state index contributed by atoms with van der Waals surface area (Å²) in [7, 11) is 0. The minimum Gasteiger partial charge on any atom is -0.493 e. The number of benzene rings is 3. The molecule has 0 saturated carbocycles. The first-order valence-electron chi connectivity index (χ1n) is 17.8. The Morgan fingerprint density at radius 1 is 1.09 bits per heavy atom. The van der Waals surface area contributed by atoms with Crippen molar-refractivity contribution in [2.24, 2.45) is 11.7 Å². The van der Waals surface area contributed by atoms with Gasteiger partial charge in [-0.3, -0.25) is 4.79 Å². The van der Waals surface area contributed by atoms with Gasteiger partial charge in [-0.1, -0.05) is 72.5 Å². The summed E-state index contributed by atoms with van der Waals surface area (Å²) in [5.74, 6) is -2.46. The van der Waals surface area contributed by atoms with Gasteiger partial charge in [0.2, 0.25) is 5.91 Å². The molecule has 2 heterocycles. The number of fused-ring (bicyclic) bond motifs is 1. The fourth-order valence-electron chi connectivity index (χ4n) is 4.53. The smallest absolute Gasteiger partial charge is 0.232 e. The summed E-state index contributed by atoms with van der Waals surface area (Å²) in [6.07, 6.45) is -0.126. The number of nitrogens with zero attached hydrogens (tertiary/aromatic N) is 1. The Labute approximate surface area is 211 Å². The van der Waals surface area contributed by atoms with Crippen LogP contribution in [0.15, 0.2) is 78.6 Å². The SMILES string of the molecule is [2H]c1c([2H])c([2H])c(C(C(N)=O)(c2c([2H])c([2H])c([2H])c([2H])c2[2H])[C@@H]2CCN(CCc3c([2H])c([2H])c4c(c3[2H])CC([2H])([2H])O4)C2)c([2H])c1[2H]. The van der Waals surface area contributed by atoms with E-state index in [1.165, 1.54) is 0 Å². The Hall–Kier alpha value is -3.11. The minimum absolute atomic E-state index is 0.0550. The molecule has 1 fully saturated rings. The fourth-order valence-corrected chi connectivity index (χ4v) is 4.53. The van der Waals surface area contributed by atoms with Crippen molar-refractivity contribution in [1.29, 1.82) is 0 Å². The highest BCUT2D eigenvalue weighted by Gasteiger charge is 2.49. The molecule has 2 N–H and O–H groups in total. The summed E-state index contributed by atoms with van der Waals surface area (Å²) < 4.78 is 131. The monoisotopic (exact) mass is 441 g/mol. The Balaban J connectivity index is 1.63. The molecule has 1 atom stereocenters. The molecule has 0 aromatic heterocycles. The molecule has 0 aliphatic carbocycles. The van der Waals surface area contributed by atoms with Gasteiger partial charge in [-0.25, -0.2) is 0 Å². The van der Waals surface area contributed by atoms with Gasteiger partial charge in [-0.2, -0.15) is 0 Å². The minimum atomic E-state index is -2.47. The van der Waals surface area contributed by atoms with E-state index >= 15 is 0 Å². The van der Waals surface area contributed by atoms with Crippen LogP contribution in [0.5, 0.6) is 5.75 Å². The Kier molecular flexibility index (Phi) is 2.69. The summed E-state index contributed by atoms with van der Waals surface area (Å²) in [4.78, 5) is 15.6. The van der Waals surface area contributed by atoms with Crippen LogP contribution in [0.3, 0.4) is 0 Å². The molecule has 32 heavy (non-hydrogen) atoms. The third kappa shape index (κ3) is 3.69. The lowest BCUT2D eigenvalue weighted by Crippen LogP contribution is -2.49. The van der Waals surface area contributed by atoms with Gasteiger partial charge in [-0.05, 0) is 53.6 Å². The molecule has 2 aliphatic heterocycles. The van der Waals surface area contributed by atoms with Crippen LogP contribution in [0.4, 0.5) is 0 Å². The number of likely N-dealkylation sites (tertiary alicyclic amines) is 1. The van der Waals surface area contributed by atoms with E-state index in [4.69, 9.17) is 31.0 Å². The molecule has 0 radical (unpaired) electrons. The van der Waals surface area contributed by atoms with Crippen molar-refractivity contribution in [3.05, 3.63) is 101 Å². The summed E-state index contributed by atoms with van der Waals surface area (Å²) in [5.41, 5.74) is 2.75. The molecule has 3 aromatic carbocycles. The lowest BCUT2D eigenvalue weighted by molar-refractivity contribution is -0.123. The zero-order chi connectivity index (χ0) is 35.1. The van der Waals surface area contributed by atoms with E-state index in [2.05, 4.69) is 0 Å². The molecule has 4 nitrogen and oxygen atoms in total. The molecule has 1 saturated heterocycles. The summed E-state index contributed by atoms with van der Waals surface area (Å²) in [6, 6.07) is -8.68. The van der Waals surface area contributed by atoms with Crippen LogP contribution in [-0.4, -0.2) is 37.0 Å². The molecule has 0 unspecified atom stereocenters. The van der Waals surface area contributed by atoms with E-state index in [0.29, 0.717) is 0 Å². The molecule has 1 amide bonds. The van der Waals surface area contributed by atoms with Crippen LogP contribution in [0, 0.1) is 5.92 Å². The summed E-state index contributed by atoms with van der Waals surface area (Å²) >= 11 is 0. The number of amides is 1. The predicted molar refractivity (Wildman–Crippen MR) is 127 cm³/mol. The number of nitrogens with two attached hydrogens (primary N) is 1. The van der Waals surface area contributed by atoms with Crippen molar-refractivity contribution in [2.75, 3.05) is 26.2 Å². The van der Waals surface area contributed by atoms with Gasteiger partial charge in [0, 0.05) is 19.5 Å². The average molecular weight is 442 g/mol. The second kappa shape index (κ2) is 8.79. The zero-order valence-electron chi connectivity index (χ0n) is 32.2. The highest BCUT2D eigenvalue weighted by Crippen LogP contribution is 2.43. The van der Waals surface area contributed by atoms with Crippen molar-refractivity contribution >= 4 is 5.91 Å². The average Bonchev–Trinajstić information content (AvgIpc) is 3.62. The zero-order valence-corrected chi connectivity index (χ0v) is 17.2. The van der Waals surface area contributed by atoms with Crippen molar-refractivity contribution in [2.45, 2.75) is 24.7 Å². The van der Waals surface area contributed by atoms with E-state index < -0.39 is 95.4 Å². The maximum Gasteiger partial charge on any atom is 0.232 e. The number of carbonyl (C=O) groups excluding carboxylic acids is 1. The normalized spacial score (nSPS) is 26.5. The second-order valence-electron chi connectivity index (χ2n) is 7.79. The molecule has 0 bridgehead atoms. The number of primary amides is 1. The van der Waals surface area contributed by atoms with Crippen molar-refractivity contribution in [3.63, 3.8) is 0 Å². The summed E-state index contributed by atoms with van der Waals surface area (Å²) in [5, 5.41) is 0. The van der Waals surface area contributed by atoms with E-state index in [1.54, 1.807) is 4.90 Å². The molecular formula is C28H30N2O2. The third-order valence-electron chi connectivity index (χ3n) is 6.07. The molecule has 164 valence electrons. The van der Waals surface area contributed by atoms with Crippen LogP contribution in [-0.2, 0) is 23.1 Å². The van der Waals surface area contributed by atoms with Crippen LogP contribution in [0.2, 0.25) is 0 Å². The molecule has 3 aromatic rings. The molecule has 5 rings (SSSR count). The van der Waals surface area contributed by atoms with E-state index in [0.717, 1.165) is 0 Å². The van der Waals surface area contributed by atoms with E-state index in [1.807, 2.05) is 0 Å². The maximum atomic E-state index is 13.8. The van der Waals surface area contributed by atoms with Crippen molar-refractivity contribution in [3.8, 4) is 5.75 Å². The van der Waals surface area contributed by atoms with Crippen LogP contribution >= 0.6 is 0 Å². The number of ether oxygens (including phenoxy) is 1. The molecule has 2 aliphatic rings. The number of hydrogen-bond acceptors (Lipinski definition) is 3. The topological polar surface area (TPSA) is 55.6 Å². The standard InChI is InChI=1S/C28H30N2O2/c29-27(31)28(23-7-3-1-4-8-23,24-9-5-2-6-10-24)25-14-17-30(20-25)16-13-21-11-12-26-22(19-21)15-18-32-26/h1-12,19,25H,13-18,20H2,(H2,29,31)/t25-/m1/s1/i1D,2D,3D,4D,5D,6D,7D,8D,9D,10D,11D,12D,18D2,19D. The molecular weight excluding hydrogens is 396 g/mol. The van der Waals surface area contributed by atoms with Gasteiger partial charge < -0.3 is 15.4 Å². The van der Waals surface area contributed by atoms with Crippen molar-refractivity contribution < 1.29 is 30.1 Å². The van der Waals surface area contributed by atoms with Gasteiger partial charge in [0.25, 0.3) is 0 Å². The largest absolute Gasteiger partial charge is 0.493 e. The van der Waals surface area contributed by atoms with E-state index in [-0.39, 0.29) is 73.9 Å². The first-order chi connectivity index (χ1) is 21.8. The predicted octanol–water partition coefficient (Wildman–Crippen LogP) is 3.96. The first kappa shape index (κ1) is 9.80. The van der Waals surface area contributed by atoms with E-state index in [9.17, 15) is 4.79 Å². The number of hydrogen-bond donors (Lipinski definition) is 1. The first-order valence-corrected chi connectivity index (χ1v) is 10.3. The maximum absolute atomic E-state index is 13.8. The Morgan fingerprint density at radius 2 is 1.78 bits per heavy atom. The lowest BCUT2D eigenvalue weighted by atomic mass is 9.64. The fraction of sp³-hybridized carbons (Fsp3) is 0.321. The van der Waals surface area contributed by atoms with Crippen molar-refractivity contribution in [1.82, 2.24) is 4.90 Å². The molecule has 4 heteroatoms.